The first-order valence-corrected chi connectivity index (χ1v) is 6.85. The Morgan fingerprint density at radius 2 is 1.52 bits per heavy atom. The lowest BCUT2D eigenvalue weighted by Gasteiger charge is -2.13. The van der Waals surface area contributed by atoms with Gasteiger partial charge < -0.3 is 15.9 Å². The fraction of sp³-hybridized carbons (Fsp3) is 0.235. The van der Waals surface area contributed by atoms with E-state index in [4.69, 9.17) is 15.9 Å². The zero-order valence-electron chi connectivity index (χ0n) is 12.6. The van der Waals surface area contributed by atoms with Gasteiger partial charge in [0.1, 0.15) is 11.2 Å². The SMILES string of the molecule is Cc1ccc2c(=O)c3c(N)c(N)c(C)c(C)c3oc2c1C. The molecule has 0 aliphatic rings. The van der Waals surface area contributed by atoms with Crippen molar-refractivity contribution in [2.75, 3.05) is 11.5 Å². The summed E-state index contributed by atoms with van der Waals surface area (Å²) in [4.78, 5) is 12.8. The third-order valence-electron chi connectivity index (χ3n) is 4.45. The van der Waals surface area contributed by atoms with Crippen LogP contribution < -0.4 is 16.9 Å². The van der Waals surface area contributed by atoms with Gasteiger partial charge in [-0.2, -0.15) is 0 Å². The van der Waals surface area contributed by atoms with Gasteiger partial charge in [0.25, 0.3) is 0 Å². The number of nitrogen functional groups attached to an aromatic ring is 2. The number of rotatable bonds is 0. The first-order chi connectivity index (χ1) is 9.84. The Hall–Kier alpha value is -2.49. The number of nitrogens with two attached hydrogens (primary N) is 2. The smallest absolute Gasteiger partial charge is 0.202 e. The van der Waals surface area contributed by atoms with E-state index in [-0.39, 0.29) is 5.43 Å². The molecule has 0 bridgehead atoms. The topological polar surface area (TPSA) is 82.2 Å². The average Bonchev–Trinajstić information content (AvgIpc) is 2.46. The molecule has 0 saturated heterocycles. The first-order valence-electron chi connectivity index (χ1n) is 6.85. The number of hydrogen-bond acceptors (Lipinski definition) is 4. The van der Waals surface area contributed by atoms with Gasteiger partial charge >= 0.3 is 0 Å². The van der Waals surface area contributed by atoms with E-state index in [1.807, 2.05) is 33.8 Å². The predicted octanol–water partition coefficient (Wildman–Crippen LogP) is 3.34. The molecular weight excluding hydrogens is 264 g/mol. The van der Waals surface area contributed by atoms with E-state index in [9.17, 15) is 4.79 Å². The molecule has 0 aliphatic carbocycles. The molecule has 4 nitrogen and oxygen atoms in total. The standard InChI is InChI=1S/C17H18N2O2/c1-7-5-6-11-15(20)12-14(19)13(18)9(3)10(4)17(12)21-16(11)8(7)2/h5-6H,18-19H2,1-4H3. The van der Waals surface area contributed by atoms with Crippen LogP contribution in [-0.2, 0) is 0 Å². The van der Waals surface area contributed by atoms with Crippen molar-refractivity contribution >= 4 is 33.3 Å². The van der Waals surface area contributed by atoms with Gasteiger partial charge in [0.15, 0.2) is 0 Å². The molecule has 4 N–H and O–H groups in total. The van der Waals surface area contributed by atoms with E-state index in [2.05, 4.69) is 0 Å². The van der Waals surface area contributed by atoms with Crippen LogP contribution in [-0.4, -0.2) is 0 Å². The van der Waals surface area contributed by atoms with Gasteiger partial charge in [-0.3, -0.25) is 4.79 Å². The molecule has 0 spiro atoms. The summed E-state index contributed by atoms with van der Waals surface area (Å²) in [5.74, 6) is 0. The van der Waals surface area contributed by atoms with Crippen molar-refractivity contribution in [3.63, 3.8) is 0 Å². The van der Waals surface area contributed by atoms with Crippen LogP contribution in [0, 0.1) is 27.7 Å². The summed E-state index contributed by atoms with van der Waals surface area (Å²) in [5, 5.41) is 0.923. The van der Waals surface area contributed by atoms with Crippen molar-refractivity contribution < 1.29 is 4.42 Å². The van der Waals surface area contributed by atoms with Gasteiger partial charge in [-0.25, -0.2) is 0 Å². The third kappa shape index (κ3) is 1.65. The minimum absolute atomic E-state index is 0.123. The molecule has 0 unspecified atom stereocenters. The molecule has 0 fully saturated rings. The molecule has 3 aromatic rings. The average molecular weight is 282 g/mol. The maximum absolute atomic E-state index is 12.8. The lowest BCUT2D eigenvalue weighted by Crippen LogP contribution is -2.10. The van der Waals surface area contributed by atoms with Crippen molar-refractivity contribution in [2.24, 2.45) is 0 Å². The second kappa shape index (κ2) is 4.25. The van der Waals surface area contributed by atoms with Crippen molar-refractivity contribution in [3.05, 3.63) is 44.6 Å². The summed E-state index contributed by atoms with van der Waals surface area (Å²) < 4.78 is 6.05. The lowest BCUT2D eigenvalue weighted by molar-refractivity contribution is 0.653. The fourth-order valence-electron chi connectivity index (χ4n) is 2.71. The van der Waals surface area contributed by atoms with Crippen molar-refractivity contribution in [1.29, 1.82) is 0 Å². The van der Waals surface area contributed by atoms with Crippen molar-refractivity contribution in [1.82, 2.24) is 0 Å². The van der Waals surface area contributed by atoms with Gasteiger partial charge in [-0.15, -0.1) is 0 Å². The second-order valence-electron chi connectivity index (χ2n) is 5.60. The molecule has 2 aromatic carbocycles. The molecule has 108 valence electrons. The van der Waals surface area contributed by atoms with Gasteiger partial charge in [0.2, 0.25) is 5.43 Å². The summed E-state index contributed by atoms with van der Waals surface area (Å²) >= 11 is 0. The first kappa shape index (κ1) is 13.5. The van der Waals surface area contributed by atoms with E-state index >= 15 is 0 Å². The summed E-state index contributed by atoms with van der Waals surface area (Å²) in [7, 11) is 0. The summed E-state index contributed by atoms with van der Waals surface area (Å²) in [5.41, 5.74) is 17.6. The highest BCUT2D eigenvalue weighted by molar-refractivity contribution is 6.03. The predicted molar refractivity (Wildman–Crippen MR) is 87.8 cm³/mol. The van der Waals surface area contributed by atoms with E-state index < -0.39 is 0 Å². The minimum atomic E-state index is -0.123. The highest BCUT2D eigenvalue weighted by Crippen LogP contribution is 2.34. The normalized spacial score (nSPS) is 11.4. The quantitative estimate of drug-likeness (QED) is 0.489. The molecule has 21 heavy (non-hydrogen) atoms. The third-order valence-corrected chi connectivity index (χ3v) is 4.45. The van der Waals surface area contributed by atoms with Gasteiger partial charge in [-0.1, -0.05) is 6.07 Å². The number of fused-ring (bicyclic) bond motifs is 2. The number of benzene rings is 2. The van der Waals surface area contributed by atoms with E-state index in [1.165, 1.54) is 0 Å². The molecule has 1 aromatic heterocycles. The lowest BCUT2D eigenvalue weighted by atomic mass is 9.99. The van der Waals surface area contributed by atoms with E-state index in [1.54, 1.807) is 6.07 Å². The van der Waals surface area contributed by atoms with Crippen LogP contribution in [0.15, 0.2) is 21.3 Å². The van der Waals surface area contributed by atoms with Crippen molar-refractivity contribution in [2.45, 2.75) is 27.7 Å². The van der Waals surface area contributed by atoms with Crippen LogP contribution in [0.2, 0.25) is 0 Å². The molecule has 1 heterocycles. The summed E-state index contributed by atoms with van der Waals surface area (Å²) in [6, 6.07) is 3.70. The van der Waals surface area contributed by atoms with E-state index in [0.29, 0.717) is 33.3 Å². The second-order valence-corrected chi connectivity index (χ2v) is 5.60. The Bertz CT molecular complexity index is 969. The summed E-state index contributed by atoms with van der Waals surface area (Å²) in [6.45, 7) is 7.73. The van der Waals surface area contributed by atoms with Crippen LogP contribution in [0.25, 0.3) is 21.9 Å². The highest BCUT2D eigenvalue weighted by Gasteiger charge is 2.18. The maximum atomic E-state index is 12.8. The Morgan fingerprint density at radius 1 is 0.857 bits per heavy atom. The Morgan fingerprint density at radius 3 is 2.19 bits per heavy atom. The van der Waals surface area contributed by atoms with Crippen LogP contribution in [0.3, 0.4) is 0 Å². The molecule has 0 amide bonds. The molecule has 0 aliphatic heterocycles. The van der Waals surface area contributed by atoms with Crippen LogP contribution in [0.1, 0.15) is 22.3 Å². The molecule has 0 radical (unpaired) electrons. The number of anilines is 2. The molecule has 0 atom stereocenters. The number of aryl methyl sites for hydroxylation is 3. The largest absolute Gasteiger partial charge is 0.455 e. The Kier molecular flexibility index (Phi) is 2.73. The Balaban J connectivity index is 2.71. The van der Waals surface area contributed by atoms with Gasteiger partial charge in [0.05, 0.1) is 22.1 Å². The molecular formula is C17H18N2O2. The minimum Gasteiger partial charge on any atom is -0.455 e. The van der Waals surface area contributed by atoms with Crippen LogP contribution in [0.4, 0.5) is 11.4 Å². The van der Waals surface area contributed by atoms with Crippen LogP contribution >= 0.6 is 0 Å². The summed E-state index contributed by atoms with van der Waals surface area (Å²) in [6.07, 6.45) is 0. The van der Waals surface area contributed by atoms with Gasteiger partial charge in [-0.05, 0) is 56.0 Å². The zero-order chi connectivity index (χ0) is 15.5. The fourth-order valence-corrected chi connectivity index (χ4v) is 2.71. The zero-order valence-corrected chi connectivity index (χ0v) is 12.6. The Labute approximate surface area is 122 Å². The van der Waals surface area contributed by atoms with Gasteiger partial charge in [0, 0.05) is 0 Å². The molecule has 0 saturated carbocycles. The molecule has 4 heteroatoms. The monoisotopic (exact) mass is 282 g/mol. The van der Waals surface area contributed by atoms with Crippen LogP contribution in [0.5, 0.6) is 0 Å². The maximum Gasteiger partial charge on any atom is 0.202 e. The molecule has 3 rings (SSSR count). The van der Waals surface area contributed by atoms with Crippen molar-refractivity contribution in [3.8, 4) is 0 Å². The highest BCUT2D eigenvalue weighted by atomic mass is 16.3. The van der Waals surface area contributed by atoms with E-state index in [0.717, 1.165) is 22.3 Å². The number of hydrogen-bond donors (Lipinski definition) is 2.